The van der Waals surface area contributed by atoms with E-state index in [0.29, 0.717) is 11.5 Å². The first-order valence-corrected chi connectivity index (χ1v) is 7.32. The van der Waals surface area contributed by atoms with E-state index in [4.69, 9.17) is 5.73 Å². The zero-order chi connectivity index (χ0) is 14.8. The van der Waals surface area contributed by atoms with Crippen molar-refractivity contribution in [1.82, 2.24) is 9.97 Å². The lowest BCUT2D eigenvalue weighted by atomic mass is 9.86. The molecule has 0 radical (unpaired) electrons. The lowest BCUT2D eigenvalue weighted by molar-refractivity contribution is 0.100. The summed E-state index contributed by atoms with van der Waals surface area (Å²) in [5.41, 5.74) is 7.36. The van der Waals surface area contributed by atoms with Crippen LogP contribution in [-0.4, -0.2) is 33.6 Å². The van der Waals surface area contributed by atoms with Gasteiger partial charge in [-0.3, -0.25) is 4.79 Å². The van der Waals surface area contributed by atoms with Gasteiger partial charge in [0.05, 0.1) is 11.3 Å². The number of nitrogens with one attached hydrogen (secondary N) is 2. The average Bonchev–Trinajstić information content (AvgIpc) is 2.96. The van der Waals surface area contributed by atoms with E-state index in [1.807, 2.05) is 6.07 Å². The van der Waals surface area contributed by atoms with E-state index in [0.717, 1.165) is 42.4 Å². The van der Waals surface area contributed by atoms with Gasteiger partial charge in [0.25, 0.3) is 5.91 Å². The molecule has 21 heavy (non-hydrogen) atoms. The van der Waals surface area contributed by atoms with Gasteiger partial charge in [0.1, 0.15) is 5.65 Å². The molecule has 1 unspecified atom stereocenters. The van der Waals surface area contributed by atoms with Crippen LogP contribution >= 0.6 is 0 Å². The summed E-state index contributed by atoms with van der Waals surface area (Å²) >= 11 is 0. The Balaban J connectivity index is 1.93. The molecule has 0 aliphatic heterocycles. The molecule has 1 fully saturated rings. The second-order valence-corrected chi connectivity index (χ2v) is 5.71. The van der Waals surface area contributed by atoms with Gasteiger partial charge in [0.2, 0.25) is 0 Å². The summed E-state index contributed by atoms with van der Waals surface area (Å²) < 4.78 is 0. The highest BCUT2D eigenvalue weighted by Crippen LogP contribution is 2.31. The number of anilines is 1. The van der Waals surface area contributed by atoms with Crippen molar-refractivity contribution in [2.24, 2.45) is 11.7 Å². The fourth-order valence-electron chi connectivity index (χ4n) is 3.14. The molecule has 1 aliphatic rings. The first-order chi connectivity index (χ1) is 10.2. The van der Waals surface area contributed by atoms with Gasteiger partial charge in [-0.05, 0) is 31.2 Å². The minimum absolute atomic E-state index is 0.219. The predicted molar refractivity (Wildman–Crippen MR) is 81.1 cm³/mol. The molecular formula is C15H20N4O2. The van der Waals surface area contributed by atoms with E-state index in [9.17, 15) is 9.90 Å². The molecule has 2 aromatic rings. The van der Waals surface area contributed by atoms with Crippen LogP contribution in [0.5, 0.6) is 0 Å². The van der Waals surface area contributed by atoms with E-state index in [1.54, 1.807) is 6.20 Å². The van der Waals surface area contributed by atoms with Crippen molar-refractivity contribution in [3.8, 4) is 0 Å². The Bertz CT molecular complexity index is 652. The van der Waals surface area contributed by atoms with E-state index < -0.39 is 5.91 Å². The molecule has 2 aromatic heterocycles. The zero-order valence-electron chi connectivity index (χ0n) is 11.8. The molecule has 0 saturated heterocycles. The number of nitrogens with two attached hydrogens (primary N) is 1. The topological polar surface area (TPSA) is 104 Å². The lowest BCUT2D eigenvalue weighted by Gasteiger charge is -2.30. The SMILES string of the molecule is NC(=O)c1cnc2[nH]ccc2c1N[C@@H]1CCCC(CO)C1. The Hall–Kier alpha value is -2.08. The number of primary amides is 1. The second kappa shape index (κ2) is 5.73. The number of pyridine rings is 1. The number of aromatic nitrogens is 2. The third kappa shape index (κ3) is 2.71. The number of aromatic amines is 1. The van der Waals surface area contributed by atoms with Gasteiger partial charge in [-0.1, -0.05) is 6.42 Å². The average molecular weight is 288 g/mol. The molecule has 0 spiro atoms. The summed E-state index contributed by atoms with van der Waals surface area (Å²) in [7, 11) is 0. The number of amides is 1. The van der Waals surface area contributed by atoms with Crippen molar-refractivity contribution >= 4 is 22.6 Å². The van der Waals surface area contributed by atoms with E-state index >= 15 is 0 Å². The maximum atomic E-state index is 11.6. The molecule has 5 N–H and O–H groups in total. The molecule has 2 atom stereocenters. The Morgan fingerprint density at radius 1 is 1.52 bits per heavy atom. The molecule has 0 bridgehead atoms. The molecule has 2 heterocycles. The minimum atomic E-state index is -0.484. The fourth-order valence-corrected chi connectivity index (χ4v) is 3.14. The highest BCUT2D eigenvalue weighted by molar-refractivity contribution is 6.05. The van der Waals surface area contributed by atoms with Crippen LogP contribution in [0.1, 0.15) is 36.0 Å². The molecule has 1 amide bonds. The van der Waals surface area contributed by atoms with Gasteiger partial charge in [0, 0.05) is 30.4 Å². The zero-order valence-corrected chi connectivity index (χ0v) is 11.8. The Morgan fingerprint density at radius 3 is 3.14 bits per heavy atom. The molecule has 1 saturated carbocycles. The number of hydrogen-bond donors (Lipinski definition) is 4. The second-order valence-electron chi connectivity index (χ2n) is 5.71. The van der Waals surface area contributed by atoms with Crippen molar-refractivity contribution in [2.45, 2.75) is 31.7 Å². The number of fused-ring (bicyclic) bond motifs is 1. The van der Waals surface area contributed by atoms with Crippen LogP contribution in [0.25, 0.3) is 11.0 Å². The number of carbonyl (C=O) groups excluding carboxylic acids is 1. The maximum absolute atomic E-state index is 11.6. The molecule has 6 nitrogen and oxygen atoms in total. The first kappa shape index (κ1) is 13.9. The minimum Gasteiger partial charge on any atom is -0.396 e. The summed E-state index contributed by atoms with van der Waals surface area (Å²) in [5.74, 6) is -0.153. The highest BCUT2D eigenvalue weighted by Gasteiger charge is 2.23. The van der Waals surface area contributed by atoms with Gasteiger partial charge in [-0.25, -0.2) is 4.98 Å². The highest BCUT2D eigenvalue weighted by atomic mass is 16.3. The van der Waals surface area contributed by atoms with Crippen LogP contribution in [-0.2, 0) is 0 Å². The molecule has 112 valence electrons. The molecule has 1 aliphatic carbocycles. The quantitative estimate of drug-likeness (QED) is 0.686. The van der Waals surface area contributed by atoms with Crippen molar-refractivity contribution < 1.29 is 9.90 Å². The third-order valence-corrected chi connectivity index (χ3v) is 4.24. The van der Waals surface area contributed by atoms with Crippen molar-refractivity contribution in [3.05, 3.63) is 24.0 Å². The molecule has 0 aromatic carbocycles. The molecular weight excluding hydrogens is 268 g/mol. The first-order valence-electron chi connectivity index (χ1n) is 7.32. The van der Waals surface area contributed by atoms with Crippen molar-refractivity contribution in [1.29, 1.82) is 0 Å². The van der Waals surface area contributed by atoms with E-state index in [2.05, 4.69) is 15.3 Å². The van der Waals surface area contributed by atoms with Gasteiger partial charge in [0.15, 0.2) is 0 Å². The smallest absolute Gasteiger partial charge is 0.252 e. The maximum Gasteiger partial charge on any atom is 0.252 e. The number of H-pyrrole nitrogens is 1. The van der Waals surface area contributed by atoms with Gasteiger partial charge < -0.3 is 21.1 Å². The summed E-state index contributed by atoms with van der Waals surface area (Å²) in [5, 5.41) is 13.7. The molecule has 3 rings (SSSR count). The largest absolute Gasteiger partial charge is 0.396 e. The molecule has 6 heteroatoms. The van der Waals surface area contributed by atoms with E-state index in [1.165, 1.54) is 6.20 Å². The van der Waals surface area contributed by atoms with Crippen LogP contribution in [0, 0.1) is 5.92 Å². The summed E-state index contributed by atoms with van der Waals surface area (Å²) in [6.07, 6.45) is 7.39. The third-order valence-electron chi connectivity index (χ3n) is 4.24. The Kier molecular flexibility index (Phi) is 3.79. The lowest BCUT2D eigenvalue weighted by Crippen LogP contribution is -2.30. The normalized spacial score (nSPS) is 22.3. The Labute approximate surface area is 122 Å². The van der Waals surface area contributed by atoms with Crippen molar-refractivity contribution in [2.75, 3.05) is 11.9 Å². The van der Waals surface area contributed by atoms with E-state index in [-0.39, 0.29) is 12.6 Å². The van der Waals surface area contributed by atoms with Gasteiger partial charge in [-0.2, -0.15) is 0 Å². The predicted octanol–water partition coefficient (Wildman–Crippen LogP) is 1.62. The summed E-state index contributed by atoms with van der Waals surface area (Å²) in [4.78, 5) is 18.9. The number of carbonyl (C=O) groups is 1. The van der Waals surface area contributed by atoms with Crippen LogP contribution in [0.3, 0.4) is 0 Å². The number of hydrogen-bond acceptors (Lipinski definition) is 4. The fraction of sp³-hybridized carbons (Fsp3) is 0.467. The summed E-state index contributed by atoms with van der Waals surface area (Å²) in [6.45, 7) is 0.219. The number of rotatable bonds is 4. The van der Waals surface area contributed by atoms with Crippen LogP contribution < -0.4 is 11.1 Å². The standard InChI is InChI=1S/C15H20N4O2/c16-14(21)12-7-18-15-11(4-5-17-15)13(12)19-10-3-1-2-9(6-10)8-20/h4-5,7,9-10,20H,1-3,6,8H2,(H2,16,21)(H2,17,18,19)/t9?,10-/m1/s1. The van der Waals surface area contributed by atoms with Gasteiger partial charge >= 0.3 is 0 Å². The van der Waals surface area contributed by atoms with Crippen LogP contribution in [0.2, 0.25) is 0 Å². The van der Waals surface area contributed by atoms with Crippen LogP contribution in [0.15, 0.2) is 18.5 Å². The van der Waals surface area contributed by atoms with Crippen molar-refractivity contribution in [3.63, 3.8) is 0 Å². The number of aliphatic hydroxyl groups is 1. The Morgan fingerprint density at radius 2 is 2.38 bits per heavy atom. The number of nitrogens with zero attached hydrogens (tertiary/aromatic N) is 1. The monoisotopic (exact) mass is 288 g/mol. The van der Waals surface area contributed by atoms with Crippen LogP contribution in [0.4, 0.5) is 5.69 Å². The summed E-state index contributed by atoms with van der Waals surface area (Å²) in [6, 6.07) is 2.14. The van der Waals surface area contributed by atoms with Gasteiger partial charge in [-0.15, -0.1) is 0 Å². The number of aliphatic hydroxyl groups excluding tert-OH is 1.